The first-order valence-electron chi connectivity index (χ1n) is 8.32. The Kier molecular flexibility index (Phi) is 4.85. The molecule has 0 atom stereocenters. The molecule has 4 heteroatoms. The number of nitriles is 1. The summed E-state index contributed by atoms with van der Waals surface area (Å²) in [6.45, 7) is 0. The van der Waals surface area contributed by atoms with E-state index in [1.807, 2.05) is 78.9 Å². The van der Waals surface area contributed by atoms with Crippen molar-refractivity contribution in [2.24, 2.45) is 0 Å². The predicted molar refractivity (Wildman–Crippen MR) is 112 cm³/mol. The van der Waals surface area contributed by atoms with Crippen LogP contribution in [0.1, 0.15) is 5.56 Å². The van der Waals surface area contributed by atoms with Crippen LogP contribution in [0.3, 0.4) is 0 Å². The third-order valence-corrected chi connectivity index (χ3v) is 5.25. The maximum absolute atomic E-state index is 9.97. The second kappa shape index (κ2) is 7.44. The minimum atomic E-state index is 0.512. The molecule has 0 spiro atoms. The van der Waals surface area contributed by atoms with Gasteiger partial charge in [0.25, 0.3) is 0 Å². The normalized spacial score (nSPS) is 10.6. The van der Waals surface area contributed by atoms with E-state index in [0.717, 1.165) is 26.7 Å². The largest absolute Gasteiger partial charge is 0.454 e. The molecule has 1 heterocycles. The van der Waals surface area contributed by atoms with Crippen LogP contribution in [0.2, 0.25) is 5.02 Å². The highest BCUT2D eigenvalue weighted by atomic mass is 79.9. The fourth-order valence-corrected chi connectivity index (χ4v) is 3.67. The zero-order valence-electron chi connectivity index (χ0n) is 14.1. The van der Waals surface area contributed by atoms with E-state index < -0.39 is 0 Å². The van der Waals surface area contributed by atoms with E-state index >= 15 is 0 Å². The van der Waals surface area contributed by atoms with Crippen molar-refractivity contribution in [3.05, 3.63) is 93.9 Å². The summed E-state index contributed by atoms with van der Waals surface area (Å²) in [7, 11) is 0. The van der Waals surface area contributed by atoms with Crippen LogP contribution >= 0.6 is 27.5 Å². The molecule has 0 bridgehead atoms. The molecule has 4 aromatic rings. The third kappa shape index (κ3) is 3.30. The van der Waals surface area contributed by atoms with Crippen molar-refractivity contribution in [1.82, 2.24) is 0 Å². The molecule has 0 unspecified atom stereocenters. The Labute approximate surface area is 170 Å². The zero-order chi connectivity index (χ0) is 18.8. The van der Waals surface area contributed by atoms with Gasteiger partial charge in [0.15, 0.2) is 5.76 Å². The Balaban J connectivity index is 2.06. The second-order valence-electron chi connectivity index (χ2n) is 5.97. The van der Waals surface area contributed by atoms with Crippen LogP contribution < -0.4 is 0 Å². The van der Waals surface area contributed by atoms with Gasteiger partial charge in [0.05, 0.1) is 0 Å². The van der Waals surface area contributed by atoms with Gasteiger partial charge >= 0.3 is 0 Å². The molecular weight excluding hydrogens is 422 g/mol. The van der Waals surface area contributed by atoms with Crippen LogP contribution in [-0.2, 0) is 0 Å². The number of furan rings is 1. The van der Waals surface area contributed by atoms with Crippen molar-refractivity contribution in [3.8, 4) is 39.8 Å². The molecule has 0 saturated heterocycles. The van der Waals surface area contributed by atoms with Gasteiger partial charge in [-0.15, -0.1) is 0 Å². The van der Waals surface area contributed by atoms with Gasteiger partial charge in [-0.1, -0.05) is 76.1 Å². The van der Waals surface area contributed by atoms with Gasteiger partial charge in [-0.3, -0.25) is 0 Å². The molecule has 2 nitrogen and oxygen atoms in total. The van der Waals surface area contributed by atoms with Crippen molar-refractivity contribution >= 4 is 27.5 Å². The van der Waals surface area contributed by atoms with Crippen LogP contribution in [0.15, 0.2) is 87.8 Å². The monoisotopic (exact) mass is 433 g/mol. The third-order valence-electron chi connectivity index (χ3n) is 4.31. The lowest BCUT2D eigenvalue weighted by atomic mass is 9.96. The number of benzene rings is 3. The quantitative estimate of drug-likeness (QED) is 0.333. The lowest BCUT2D eigenvalue weighted by Gasteiger charge is -2.06. The lowest BCUT2D eigenvalue weighted by Crippen LogP contribution is -1.86. The number of nitrogens with zero attached hydrogens (tertiary/aromatic N) is 1. The Morgan fingerprint density at radius 3 is 2.07 bits per heavy atom. The van der Waals surface area contributed by atoms with E-state index in [1.165, 1.54) is 0 Å². The van der Waals surface area contributed by atoms with E-state index in [4.69, 9.17) is 16.0 Å². The predicted octanol–water partition coefficient (Wildman–Crippen LogP) is 7.57. The molecule has 0 amide bonds. The average Bonchev–Trinajstić information content (AvgIpc) is 3.09. The highest BCUT2D eigenvalue weighted by Crippen LogP contribution is 2.44. The molecule has 1 aromatic heterocycles. The molecule has 27 heavy (non-hydrogen) atoms. The van der Waals surface area contributed by atoms with E-state index in [1.54, 1.807) is 0 Å². The number of rotatable bonds is 3. The maximum atomic E-state index is 9.97. The molecular formula is C23H13BrClNO. The minimum Gasteiger partial charge on any atom is -0.454 e. The Hall–Kier alpha value is -2.80. The summed E-state index contributed by atoms with van der Waals surface area (Å²) in [5, 5.41) is 10.6. The van der Waals surface area contributed by atoms with E-state index in [2.05, 4.69) is 22.0 Å². The van der Waals surface area contributed by atoms with Crippen molar-refractivity contribution < 1.29 is 4.42 Å². The summed E-state index contributed by atoms with van der Waals surface area (Å²) in [6.07, 6.45) is 0. The number of halogens is 2. The van der Waals surface area contributed by atoms with Gasteiger partial charge in [0, 0.05) is 31.7 Å². The van der Waals surface area contributed by atoms with Gasteiger partial charge in [-0.05, 0) is 30.3 Å². The molecule has 0 saturated carbocycles. The molecule has 4 rings (SSSR count). The zero-order valence-corrected chi connectivity index (χ0v) is 16.5. The minimum absolute atomic E-state index is 0.512. The Bertz CT molecular complexity index is 1140. The first-order valence-corrected chi connectivity index (χ1v) is 9.49. The molecule has 0 aliphatic carbocycles. The van der Waals surface area contributed by atoms with Crippen LogP contribution in [0, 0.1) is 11.3 Å². The molecule has 3 aromatic carbocycles. The number of hydrogen-bond donors (Lipinski definition) is 0. The van der Waals surface area contributed by atoms with E-state index in [0.29, 0.717) is 22.1 Å². The van der Waals surface area contributed by atoms with Crippen LogP contribution in [0.5, 0.6) is 0 Å². The Morgan fingerprint density at radius 2 is 1.41 bits per heavy atom. The maximum Gasteiger partial charge on any atom is 0.153 e. The average molecular weight is 435 g/mol. The fourth-order valence-electron chi connectivity index (χ4n) is 3.06. The summed E-state index contributed by atoms with van der Waals surface area (Å²) in [6, 6.07) is 27.3. The summed E-state index contributed by atoms with van der Waals surface area (Å²) in [4.78, 5) is 0. The van der Waals surface area contributed by atoms with Gasteiger partial charge in [-0.25, -0.2) is 0 Å². The molecule has 0 fully saturated rings. The molecule has 0 aliphatic heterocycles. The summed E-state index contributed by atoms with van der Waals surface area (Å²) in [5.41, 5.74) is 3.92. The fraction of sp³-hybridized carbons (Fsp3) is 0. The van der Waals surface area contributed by atoms with E-state index in [9.17, 15) is 5.26 Å². The first-order chi connectivity index (χ1) is 13.2. The summed E-state index contributed by atoms with van der Waals surface area (Å²) >= 11 is 9.66. The van der Waals surface area contributed by atoms with Crippen LogP contribution in [0.4, 0.5) is 0 Å². The molecule has 0 radical (unpaired) electrons. The molecule has 0 N–H and O–H groups in total. The van der Waals surface area contributed by atoms with Crippen molar-refractivity contribution in [1.29, 1.82) is 5.26 Å². The van der Waals surface area contributed by atoms with Gasteiger partial charge in [-0.2, -0.15) is 5.26 Å². The van der Waals surface area contributed by atoms with E-state index in [-0.39, 0.29) is 0 Å². The summed E-state index contributed by atoms with van der Waals surface area (Å²) < 4.78 is 7.17. The highest BCUT2D eigenvalue weighted by Gasteiger charge is 2.24. The SMILES string of the molecule is N#Cc1c(-c2ccccc2)oc(-c2ccc(Cl)cc2)c1-c1ccccc1Br. The standard InChI is InChI=1S/C23H13BrClNO/c24-20-9-5-4-8-18(20)21-19(14-26)22(15-6-2-1-3-7-15)27-23(21)16-10-12-17(25)13-11-16/h1-13H. The van der Waals surface area contributed by atoms with Gasteiger partial charge < -0.3 is 4.42 Å². The van der Waals surface area contributed by atoms with Gasteiger partial charge in [0.1, 0.15) is 17.4 Å². The molecule has 0 aliphatic rings. The van der Waals surface area contributed by atoms with Crippen molar-refractivity contribution in [3.63, 3.8) is 0 Å². The van der Waals surface area contributed by atoms with Gasteiger partial charge in [0.2, 0.25) is 0 Å². The van der Waals surface area contributed by atoms with Crippen molar-refractivity contribution in [2.45, 2.75) is 0 Å². The highest BCUT2D eigenvalue weighted by molar-refractivity contribution is 9.10. The Morgan fingerprint density at radius 1 is 0.778 bits per heavy atom. The van der Waals surface area contributed by atoms with Crippen LogP contribution in [-0.4, -0.2) is 0 Å². The first kappa shape index (κ1) is 17.6. The smallest absolute Gasteiger partial charge is 0.153 e. The van der Waals surface area contributed by atoms with Crippen molar-refractivity contribution in [2.75, 3.05) is 0 Å². The number of hydrogen-bond acceptors (Lipinski definition) is 2. The lowest BCUT2D eigenvalue weighted by molar-refractivity contribution is 0.597. The van der Waals surface area contributed by atoms with Crippen LogP contribution in [0.25, 0.3) is 33.8 Å². The molecule has 130 valence electrons. The second-order valence-corrected chi connectivity index (χ2v) is 7.27. The topological polar surface area (TPSA) is 36.9 Å². The summed E-state index contributed by atoms with van der Waals surface area (Å²) in [5.74, 6) is 1.21.